The summed E-state index contributed by atoms with van der Waals surface area (Å²) in [5, 5.41) is 3.78. The third-order valence-corrected chi connectivity index (χ3v) is 10.9. The number of hydrogen-bond donors (Lipinski definition) is 1. The standard InChI is InChI=1S/C35H43Cl2N3O7S/c1-5-31(35(42)38-24-11-8-7-9-12-24)39(22-28-29(36)13-10-14-30(28)37)34(41)23-40(25-15-17-26(18-16-25)47-6-2)48(43,44)27-19-20-32(45-3)33(21-27)46-4/h10,13-21,24,31H,5-9,11-12,22-23H2,1-4H3,(H,38,42)/t31-/m0/s1. The van der Waals surface area contributed by atoms with Crippen molar-refractivity contribution in [3.63, 3.8) is 0 Å². The van der Waals surface area contributed by atoms with E-state index in [9.17, 15) is 18.0 Å². The Morgan fingerprint density at radius 3 is 2.15 bits per heavy atom. The van der Waals surface area contributed by atoms with Crippen LogP contribution in [0.25, 0.3) is 0 Å². The zero-order chi connectivity index (χ0) is 34.8. The molecule has 2 amide bonds. The number of benzene rings is 3. The molecule has 1 N–H and O–H groups in total. The minimum atomic E-state index is -4.37. The molecule has 0 spiro atoms. The molecule has 1 atom stereocenters. The average molecular weight is 721 g/mol. The van der Waals surface area contributed by atoms with Crippen molar-refractivity contribution in [1.82, 2.24) is 10.2 Å². The summed E-state index contributed by atoms with van der Waals surface area (Å²) in [6.07, 6.45) is 5.16. The zero-order valence-electron chi connectivity index (χ0n) is 27.7. The molecular weight excluding hydrogens is 677 g/mol. The van der Waals surface area contributed by atoms with E-state index in [2.05, 4.69) is 5.32 Å². The molecule has 0 unspecified atom stereocenters. The molecule has 0 heterocycles. The molecule has 1 saturated carbocycles. The Bertz CT molecular complexity index is 1640. The molecule has 1 aliphatic carbocycles. The fourth-order valence-corrected chi connectivity index (χ4v) is 7.77. The molecule has 13 heteroatoms. The van der Waals surface area contributed by atoms with Crippen LogP contribution in [0.3, 0.4) is 0 Å². The predicted octanol–water partition coefficient (Wildman–Crippen LogP) is 6.86. The van der Waals surface area contributed by atoms with E-state index in [1.807, 2.05) is 13.8 Å². The Morgan fingerprint density at radius 1 is 0.917 bits per heavy atom. The maximum absolute atomic E-state index is 14.5. The lowest BCUT2D eigenvalue weighted by atomic mass is 9.95. The van der Waals surface area contributed by atoms with Crippen molar-refractivity contribution in [3.8, 4) is 17.2 Å². The number of halogens is 2. The van der Waals surface area contributed by atoms with Crippen LogP contribution in [-0.2, 0) is 26.2 Å². The van der Waals surface area contributed by atoms with Gasteiger partial charge >= 0.3 is 0 Å². The van der Waals surface area contributed by atoms with Crippen LogP contribution in [0, 0.1) is 0 Å². The van der Waals surface area contributed by atoms with Crippen LogP contribution >= 0.6 is 23.2 Å². The molecule has 1 aliphatic rings. The van der Waals surface area contributed by atoms with E-state index in [1.54, 1.807) is 42.5 Å². The number of sulfonamides is 1. The first kappa shape index (κ1) is 37.2. The predicted molar refractivity (Wildman–Crippen MR) is 188 cm³/mol. The summed E-state index contributed by atoms with van der Waals surface area (Å²) < 4.78 is 46.0. The smallest absolute Gasteiger partial charge is 0.264 e. The van der Waals surface area contributed by atoms with Crippen molar-refractivity contribution in [2.24, 2.45) is 0 Å². The number of nitrogens with zero attached hydrogens (tertiary/aromatic N) is 2. The average Bonchev–Trinajstić information content (AvgIpc) is 3.08. The van der Waals surface area contributed by atoms with E-state index < -0.39 is 28.5 Å². The number of hydrogen-bond acceptors (Lipinski definition) is 7. The second-order valence-electron chi connectivity index (χ2n) is 11.4. The lowest BCUT2D eigenvalue weighted by Gasteiger charge is -2.35. The van der Waals surface area contributed by atoms with Crippen LogP contribution in [0.1, 0.15) is 57.9 Å². The summed E-state index contributed by atoms with van der Waals surface area (Å²) in [6, 6.07) is 14.7. The number of anilines is 1. The Labute approximate surface area is 293 Å². The van der Waals surface area contributed by atoms with Gasteiger partial charge in [0.1, 0.15) is 18.3 Å². The minimum absolute atomic E-state index is 0.00642. The summed E-state index contributed by atoms with van der Waals surface area (Å²) in [4.78, 5) is 29.6. The van der Waals surface area contributed by atoms with Gasteiger partial charge in [-0.3, -0.25) is 13.9 Å². The van der Waals surface area contributed by atoms with Gasteiger partial charge < -0.3 is 24.4 Å². The van der Waals surface area contributed by atoms with Crippen molar-refractivity contribution in [3.05, 3.63) is 76.3 Å². The Kier molecular flexibility index (Phi) is 13.3. The maximum Gasteiger partial charge on any atom is 0.264 e. The van der Waals surface area contributed by atoms with Crippen LogP contribution < -0.4 is 23.8 Å². The summed E-state index contributed by atoms with van der Waals surface area (Å²) in [5.41, 5.74) is 0.672. The quantitative estimate of drug-likeness (QED) is 0.183. The number of amides is 2. The first-order chi connectivity index (χ1) is 23.0. The van der Waals surface area contributed by atoms with Crippen LogP contribution in [0.5, 0.6) is 17.2 Å². The number of carbonyl (C=O) groups excluding carboxylic acids is 2. The summed E-state index contributed by atoms with van der Waals surface area (Å²) in [7, 11) is -1.52. The van der Waals surface area contributed by atoms with Gasteiger partial charge in [-0.2, -0.15) is 0 Å². The fourth-order valence-electron chi connectivity index (χ4n) is 5.83. The molecule has 1 fully saturated rings. The molecule has 0 aromatic heterocycles. The topological polar surface area (TPSA) is 114 Å². The molecule has 260 valence electrons. The van der Waals surface area contributed by atoms with E-state index in [4.69, 9.17) is 37.4 Å². The van der Waals surface area contributed by atoms with Crippen molar-refractivity contribution in [2.45, 2.75) is 75.9 Å². The fraction of sp³-hybridized carbons (Fsp3) is 0.429. The molecular formula is C35H43Cl2N3O7S. The number of ether oxygens (including phenoxy) is 3. The maximum atomic E-state index is 14.5. The molecule has 3 aromatic carbocycles. The number of carbonyl (C=O) groups is 2. The monoisotopic (exact) mass is 719 g/mol. The lowest BCUT2D eigenvalue weighted by molar-refractivity contribution is -0.140. The Morgan fingerprint density at radius 2 is 1.56 bits per heavy atom. The minimum Gasteiger partial charge on any atom is -0.494 e. The summed E-state index contributed by atoms with van der Waals surface area (Å²) in [6.45, 7) is 3.34. The van der Waals surface area contributed by atoms with E-state index in [-0.39, 0.29) is 41.2 Å². The first-order valence-electron chi connectivity index (χ1n) is 16.0. The molecule has 4 rings (SSSR count). The number of methoxy groups -OCH3 is 2. The van der Waals surface area contributed by atoms with Crippen LogP contribution in [0.4, 0.5) is 5.69 Å². The summed E-state index contributed by atoms with van der Waals surface area (Å²) >= 11 is 13.1. The van der Waals surface area contributed by atoms with Gasteiger partial charge in [0, 0.05) is 34.3 Å². The largest absolute Gasteiger partial charge is 0.494 e. The van der Waals surface area contributed by atoms with Crippen molar-refractivity contribution in [1.29, 1.82) is 0 Å². The molecule has 3 aromatic rings. The molecule has 0 bridgehead atoms. The number of rotatable bonds is 15. The first-order valence-corrected chi connectivity index (χ1v) is 18.2. The van der Waals surface area contributed by atoms with E-state index >= 15 is 0 Å². The van der Waals surface area contributed by atoms with E-state index in [0.717, 1.165) is 36.4 Å². The molecule has 0 saturated heterocycles. The Balaban J connectivity index is 1.77. The molecule has 0 aliphatic heterocycles. The van der Waals surface area contributed by atoms with Gasteiger partial charge in [0.2, 0.25) is 11.8 Å². The van der Waals surface area contributed by atoms with Gasteiger partial charge in [0.05, 0.1) is 31.4 Å². The van der Waals surface area contributed by atoms with Gasteiger partial charge in [-0.1, -0.05) is 55.5 Å². The normalized spacial score (nSPS) is 14.1. The van der Waals surface area contributed by atoms with Gasteiger partial charge in [0.25, 0.3) is 10.0 Å². The van der Waals surface area contributed by atoms with E-state index in [1.165, 1.54) is 37.3 Å². The number of nitrogens with one attached hydrogen (secondary N) is 1. The third kappa shape index (κ3) is 8.86. The van der Waals surface area contributed by atoms with Crippen LogP contribution in [0.15, 0.2) is 65.6 Å². The van der Waals surface area contributed by atoms with Gasteiger partial charge in [-0.05, 0) is 74.7 Å². The highest BCUT2D eigenvalue weighted by atomic mass is 35.5. The SMILES string of the molecule is CCOc1ccc(N(CC(=O)N(Cc2c(Cl)cccc2Cl)[C@@H](CC)C(=O)NC2CCCCC2)S(=O)(=O)c2ccc(OC)c(OC)c2)cc1. The zero-order valence-corrected chi connectivity index (χ0v) is 30.0. The second kappa shape index (κ2) is 17.1. The highest BCUT2D eigenvalue weighted by molar-refractivity contribution is 7.92. The van der Waals surface area contributed by atoms with Crippen molar-refractivity contribution >= 4 is 50.7 Å². The molecule has 10 nitrogen and oxygen atoms in total. The van der Waals surface area contributed by atoms with Crippen molar-refractivity contribution in [2.75, 3.05) is 31.7 Å². The third-order valence-electron chi connectivity index (χ3n) is 8.39. The highest BCUT2D eigenvalue weighted by Gasteiger charge is 2.35. The molecule has 48 heavy (non-hydrogen) atoms. The van der Waals surface area contributed by atoms with Gasteiger partial charge in [-0.25, -0.2) is 8.42 Å². The van der Waals surface area contributed by atoms with Crippen LogP contribution in [-0.4, -0.2) is 64.6 Å². The summed E-state index contributed by atoms with van der Waals surface area (Å²) in [5.74, 6) is 0.164. The highest BCUT2D eigenvalue weighted by Crippen LogP contribution is 2.33. The van der Waals surface area contributed by atoms with E-state index in [0.29, 0.717) is 33.7 Å². The van der Waals surface area contributed by atoms with Crippen molar-refractivity contribution < 1.29 is 32.2 Å². The molecule has 0 radical (unpaired) electrons. The second-order valence-corrected chi connectivity index (χ2v) is 14.1. The Hall–Kier alpha value is -3.67. The van der Waals surface area contributed by atoms with Crippen LogP contribution in [0.2, 0.25) is 10.0 Å². The van der Waals surface area contributed by atoms with Gasteiger partial charge in [-0.15, -0.1) is 0 Å². The lowest BCUT2D eigenvalue weighted by Crippen LogP contribution is -2.54. The van der Waals surface area contributed by atoms with Gasteiger partial charge in [0.15, 0.2) is 11.5 Å².